The van der Waals surface area contributed by atoms with E-state index in [-0.39, 0.29) is 5.82 Å². The number of hydrogen-bond donors (Lipinski definition) is 0. The molecule has 3 rings (SSSR count). The molecular weight excluding hydrogens is 275 g/mol. The van der Waals surface area contributed by atoms with E-state index in [1.165, 1.54) is 23.3 Å². The van der Waals surface area contributed by atoms with E-state index in [0.717, 1.165) is 0 Å². The molecule has 0 N–H and O–H groups in total. The third kappa shape index (κ3) is 6.33. The first-order valence-electron chi connectivity index (χ1n) is 7.21. The monoisotopic (exact) mass is 294 g/mol. The Morgan fingerprint density at radius 1 is 0.545 bits per heavy atom. The molecule has 0 heterocycles. The van der Waals surface area contributed by atoms with E-state index < -0.39 is 0 Å². The van der Waals surface area contributed by atoms with Crippen molar-refractivity contribution in [3.05, 3.63) is 108 Å². The predicted molar refractivity (Wildman–Crippen MR) is 87.8 cm³/mol. The van der Waals surface area contributed by atoms with Gasteiger partial charge < -0.3 is 4.74 Å². The van der Waals surface area contributed by atoms with Crippen molar-refractivity contribution in [1.82, 2.24) is 0 Å². The molecule has 3 aromatic carbocycles. The maximum Gasteiger partial charge on any atom is 0.123 e. The number of benzene rings is 3. The first-order chi connectivity index (χ1) is 10.8. The van der Waals surface area contributed by atoms with Crippen molar-refractivity contribution in [2.75, 3.05) is 0 Å². The highest BCUT2D eigenvalue weighted by Crippen LogP contribution is 2.05. The van der Waals surface area contributed by atoms with Crippen molar-refractivity contribution in [3.63, 3.8) is 0 Å². The average Bonchev–Trinajstić information content (AvgIpc) is 2.58. The van der Waals surface area contributed by atoms with Crippen molar-refractivity contribution < 1.29 is 9.13 Å². The molecule has 0 aromatic heterocycles. The Morgan fingerprint density at radius 3 is 1.23 bits per heavy atom. The van der Waals surface area contributed by atoms with Crippen molar-refractivity contribution in [2.24, 2.45) is 0 Å². The van der Waals surface area contributed by atoms with Crippen LogP contribution in [0.15, 0.2) is 91.0 Å². The topological polar surface area (TPSA) is 9.23 Å². The van der Waals surface area contributed by atoms with Crippen molar-refractivity contribution >= 4 is 0 Å². The van der Waals surface area contributed by atoms with Gasteiger partial charge in [0.1, 0.15) is 5.82 Å². The number of ether oxygens (including phenoxy) is 1. The summed E-state index contributed by atoms with van der Waals surface area (Å²) in [6, 6.07) is 28.4. The molecule has 0 radical (unpaired) electrons. The van der Waals surface area contributed by atoms with Gasteiger partial charge in [-0.05, 0) is 23.3 Å². The minimum absolute atomic E-state index is 0.178. The molecule has 2 heteroatoms. The third-order valence-corrected chi connectivity index (χ3v) is 2.96. The van der Waals surface area contributed by atoms with Gasteiger partial charge in [0.15, 0.2) is 0 Å². The Balaban J connectivity index is 0.000000211. The summed E-state index contributed by atoms with van der Waals surface area (Å²) in [4.78, 5) is 0. The lowest BCUT2D eigenvalue weighted by molar-refractivity contribution is 0.107. The molecule has 22 heavy (non-hydrogen) atoms. The van der Waals surface area contributed by atoms with Crippen LogP contribution in [-0.4, -0.2) is 0 Å². The number of hydrogen-bond acceptors (Lipinski definition) is 1. The van der Waals surface area contributed by atoms with E-state index in [0.29, 0.717) is 13.2 Å². The van der Waals surface area contributed by atoms with E-state index in [4.69, 9.17) is 4.74 Å². The normalized spacial score (nSPS) is 9.68. The van der Waals surface area contributed by atoms with Crippen molar-refractivity contribution in [1.29, 1.82) is 0 Å². The molecule has 3 aromatic rings. The molecule has 0 amide bonds. The van der Waals surface area contributed by atoms with E-state index >= 15 is 0 Å². The van der Waals surface area contributed by atoms with Gasteiger partial charge >= 0.3 is 0 Å². The molecule has 0 unspecified atom stereocenters. The molecule has 1 nitrogen and oxygen atoms in total. The zero-order valence-electron chi connectivity index (χ0n) is 12.4. The Hall–Kier alpha value is -2.45. The molecule has 0 spiro atoms. The SMILES string of the molecule is Fc1ccccc1.c1ccc(COCc2ccccc2)cc1. The van der Waals surface area contributed by atoms with Crippen LogP contribution in [0.3, 0.4) is 0 Å². The minimum Gasteiger partial charge on any atom is -0.372 e. The molecular formula is C20H19FO. The third-order valence-electron chi connectivity index (χ3n) is 2.96. The minimum atomic E-state index is -0.178. The van der Waals surface area contributed by atoms with Gasteiger partial charge in [0.25, 0.3) is 0 Å². The van der Waals surface area contributed by atoms with Crippen LogP contribution in [0.2, 0.25) is 0 Å². The van der Waals surface area contributed by atoms with Crippen LogP contribution in [0.4, 0.5) is 4.39 Å². The summed E-state index contributed by atoms with van der Waals surface area (Å²) in [5.74, 6) is -0.178. The highest BCUT2D eigenvalue weighted by molar-refractivity contribution is 5.15. The van der Waals surface area contributed by atoms with Crippen LogP contribution in [0.1, 0.15) is 11.1 Å². The van der Waals surface area contributed by atoms with Crippen LogP contribution < -0.4 is 0 Å². The lowest BCUT2D eigenvalue weighted by Crippen LogP contribution is -1.93. The van der Waals surface area contributed by atoms with E-state index in [2.05, 4.69) is 24.3 Å². The van der Waals surface area contributed by atoms with Crippen LogP contribution in [0.25, 0.3) is 0 Å². The summed E-state index contributed by atoms with van der Waals surface area (Å²) >= 11 is 0. The second-order valence-corrected chi connectivity index (χ2v) is 4.76. The Labute approximate surface area is 131 Å². The molecule has 0 atom stereocenters. The second-order valence-electron chi connectivity index (χ2n) is 4.76. The van der Waals surface area contributed by atoms with Gasteiger partial charge in [-0.15, -0.1) is 0 Å². The summed E-state index contributed by atoms with van der Waals surface area (Å²) in [5, 5.41) is 0. The Morgan fingerprint density at radius 2 is 0.909 bits per heavy atom. The predicted octanol–water partition coefficient (Wildman–Crippen LogP) is 5.23. The summed E-state index contributed by atoms with van der Waals surface area (Å²) in [6.45, 7) is 1.35. The smallest absolute Gasteiger partial charge is 0.123 e. The fourth-order valence-electron chi connectivity index (χ4n) is 1.85. The van der Waals surface area contributed by atoms with Crippen LogP contribution in [0.5, 0.6) is 0 Å². The van der Waals surface area contributed by atoms with Crippen molar-refractivity contribution in [3.8, 4) is 0 Å². The fraction of sp³-hybridized carbons (Fsp3) is 0.100. The fourth-order valence-corrected chi connectivity index (χ4v) is 1.85. The summed E-state index contributed by atoms with van der Waals surface area (Å²) in [6.07, 6.45) is 0. The second kappa shape index (κ2) is 9.48. The van der Waals surface area contributed by atoms with Gasteiger partial charge in [0.05, 0.1) is 13.2 Å². The van der Waals surface area contributed by atoms with E-state index in [1.54, 1.807) is 18.2 Å². The van der Waals surface area contributed by atoms with E-state index in [9.17, 15) is 4.39 Å². The van der Waals surface area contributed by atoms with Gasteiger partial charge in [-0.2, -0.15) is 0 Å². The van der Waals surface area contributed by atoms with Crippen molar-refractivity contribution in [2.45, 2.75) is 13.2 Å². The summed E-state index contributed by atoms with van der Waals surface area (Å²) in [5.41, 5.74) is 2.43. The molecule has 0 aliphatic rings. The molecule has 0 aliphatic carbocycles. The highest BCUT2D eigenvalue weighted by atomic mass is 19.1. The molecule has 0 aliphatic heterocycles. The standard InChI is InChI=1S/C14H14O.C6H5F/c1-3-7-13(8-4-1)11-15-12-14-9-5-2-6-10-14;7-6-4-2-1-3-5-6/h1-10H,11-12H2;1-5H. The van der Waals surface area contributed by atoms with Crippen LogP contribution >= 0.6 is 0 Å². The lowest BCUT2D eigenvalue weighted by atomic mass is 10.2. The van der Waals surface area contributed by atoms with E-state index in [1.807, 2.05) is 36.4 Å². The first kappa shape index (κ1) is 15.9. The summed E-state index contributed by atoms with van der Waals surface area (Å²) < 4.78 is 17.5. The molecule has 0 saturated heterocycles. The maximum atomic E-state index is 11.9. The highest BCUT2D eigenvalue weighted by Gasteiger charge is 1.93. The largest absolute Gasteiger partial charge is 0.372 e. The van der Waals surface area contributed by atoms with Gasteiger partial charge in [-0.25, -0.2) is 4.39 Å². The Bertz CT molecular complexity index is 584. The van der Waals surface area contributed by atoms with Crippen LogP contribution in [0, 0.1) is 5.82 Å². The number of rotatable bonds is 4. The maximum absolute atomic E-state index is 11.9. The molecule has 0 fully saturated rings. The zero-order valence-corrected chi connectivity index (χ0v) is 12.4. The van der Waals surface area contributed by atoms with Gasteiger partial charge in [-0.1, -0.05) is 78.9 Å². The van der Waals surface area contributed by atoms with Gasteiger partial charge in [-0.3, -0.25) is 0 Å². The quantitative estimate of drug-likeness (QED) is 0.640. The molecule has 0 saturated carbocycles. The summed E-state index contributed by atoms with van der Waals surface area (Å²) in [7, 11) is 0. The number of halogens is 1. The van der Waals surface area contributed by atoms with Gasteiger partial charge in [0.2, 0.25) is 0 Å². The first-order valence-corrected chi connectivity index (χ1v) is 7.21. The molecule has 112 valence electrons. The zero-order chi connectivity index (χ0) is 15.5. The lowest BCUT2D eigenvalue weighted by Gasteiger charge is -2.03. The average molecular weight is 294 g/mol. The van der Waals surface area contributed by atoms with Crippen LogP contribution in [-0.2, 0) is 18.0 Å². The van der Waals surface area contributed by atoms with Gasteiger partial charge in [0, 0.05) is 0 Å². The Kier molecular flexibility index (Phi) is 6.86. The molecule has 0 bridgehead atoms.